The van der Waals surface area contributed by atoms with Crippen molar-refractivity contribution in [1.82, 2.24) is 29.5 Å². The summed E-state index contributed by atoms with van der Waals surface area (Å²) < 4.78 is 29.3. The Kier molecular flexibility index (Phi) is 4.30. The average molecular weight is 382 g/mol. The molecule has 10 heteroatoms. The normalized spacial score (nSPS) is 12.3. The second-order valence-electron chi connectivity index (χ2n) is 6.32. The Morgan fingerprint density at radius 1 is 1.18 bits per heavy atom. The summed E-state index contributed by atoms with van der Waals surface area (Å²) in [5.41, 5.74) is 6.94. The van der Waals surface area contributed by atoms with E-state index in [9.17, 15) is 8.78 Å². The zero-order chi connectivity index (χ0) is 19.8. The van der Waals surface area contributed by atoms with E-state index in [-0.39, 0.29) is 11.6 Å². The maximum absolute atomic E-state index is 14.3. The summed E-state index contributed by atoms with van der Waals surface area (Å²) in [6, 6.07) is 2.53. The number of imidazole rings is 1. The zero-order valence-electron chi connectivity index (χ0n) is 15.1. The van der Waals surface area contributed by atoms with Crippen molar-refractivity contribution in [2.75, 3.05) is 11.1 Å². The van der Waals surface area contributed by atoms with Crippen LogP contribution in [-0.4, -0.2) is 29.5 Å². The summed E-state index contributed by atoms with van der Waals surface area (Å²) in [7, 11) is 1.84. The van der Waals surface area contributed by atoms with Crippen molar-refractivity contribution in [3.63, 3.8) is 0 Å². The minimum atomic E-state index is -0.735. The second-order valence-corrected chi connectivity index (χ2v) is 6.32. The Hall–Kier alpha value is -3.69. The van der Waals surface area contributed by atoms with Gasteiger partial charge in [0.1, 0.15) is 23.3 Å². The van der Waals surface area contributed by atoms with Gasteiger partial charge in [-0.25, -0.2) is 18.7 Å². The van der Waals surface area contributed by atoms with Crippen LogP contribution in [0.1, 0.15) is 24.1 Å². The monoisotopic (exact) mass is 382 g/mol. The molecule has 1 atom stereocenters. The number of nitrogen functional groups attached to an aromatic ring is 1. The number of fused-ring (bicyclic) bond motifs is 1. The molecule has 4 aromatic heterocycles. The van der Waals surface area contributed by atoms with E-state index in [1.807, 2.05) is 7.05 Å². The minimum Gasteiger partial charge on any atom is -0.368 e. The molecule has 0 amide bonds. The smallest absolute Gasteiger partial charge is 0.224 e. The van der Waals surface area contributed by atoms with Crippen LogP contribution in [0.2, 0.25) is 0 Å². The summed E-state index contributed by atoms with van der Waals surface area (Å²) in [5.74, 6) is -0.999. The molecule has 3 N–H and O–H groups in total. The SMILES string of the molecule is CC(c1ncc(F)cc1F)c1ccnc2nc(N)nc(Nc3cn(C)cn3)c12. The fourth-order valence-corrected chi connectivity index (χ4v) is 3.04. The molecule has 0 aliphatic heterocycles. The maximum atomic E-state index is 14.3. The summed E-state index contributed by atoms with van der Waals surface area (Å²) >= 11 is 0. The molecule has 0 radical (unpaired) electrons. The van der Waals surface area contributed by atoms with Crippen LogP contribution >= 0.6 is 0 Å². The lowest BCUT2D eigenvalue weighted by molar-refractivity contribution is 0.552. The van der Waals surface area contributed by atoms with Gasteiger partial charge >= 0.3 is 0 Å². The fraction of sp³-hybridized carbons (Fsp3) is 0.167. The van der Waals surface area contributed by atoms with Crippen molar-refractivity contribution in [1.29, 1.82) is 0 Å². The molecular weight excluding hydrogens is 366 g/mol. The number of pyridine rings is 2. The Labute approximate surface area is 158 Å². The number of nitrogens with two attached hydrogens (primary N) is 1. The van der Waals surface area contributed by atoms with Gasteiger partial charge in [0.15, 0.2) is 5.65 Å². The first kappa shape index (κ1) is 17.7. The van der Waals surface area contributed by atoms with Crippen LogP contribution in [0, 0.1) is 11.6 Å². The second kappa shape index (κ2) is 6.80. The van der Waals surface area contributed by atoms with Gasteiger partial charge in [-0.3, -0.25) is 4.98 Å². The van der Waals surface area contributed by atoms with Crippen molar-refractivity contribution in [2.45, 2.75) is 12.8 Å². The van der Waals surface area contributed by atoms with Gasteiger partial charge in [0.2, 0.25) is 5.95 Å². The maximum Gasteiger partial charge on any atom is 0.224 e. The highest BCUT2D eigenvalue weighted by Crippen LogP contribution is 2.34. The van der Waals surface area contributed by atoms with Gasteiger partial charge in [-0.15, -0.1) is 0 Å². The van der Waals surface area contributed by atoms with E-state index in [1.165, 1.54) is 0 Å². The zero-order valence-corrected chi connectivity index (χ0v) is 15.1. The predicted octanol–water partition coefficient (Wildman–Crippen LogP) is 2.91. The van der Waals surface area contributed by atoms with E-state index >= 15 is 0 Å². The molecule has 0 aliphatic rings. The Morgan fingerprint density at radius 2 is 2.00 bits per heavy atom. The van der Waals surface area contributed by atoms with E-state index in [2.05, 4.69) is 30.2 Å². The Bertz CT molecular complexity index is 1170. The number of nitrogens with one attached hydrogen (secondary N) is 1. The molecule has 4 heterocycles. The van der Waals surface area contributed by atoms with E-state index in [0.717, 1.165) is 12.3 Å². The van der Waals surface area contributed by atoms with Gasteiger partial charge in [0.25, 0.3) is 0 Å². The fourth-order valence-electron chi connectivity index (χ4n) is 3.04. The molecule has 142 valence electrons. The molecule has 0 spiro atoms. The number of aryl methyl sites for hydroxylation is 1. The lowest BCUT2D eigenvalue weighted by Crippen LogP contribution is -2.08. The van der Waals surface area contributed by atoms with Crippen LogP contribution in [0.5, 0.6) is 0 Å². The molecule has 4 rings (SSSR count). The van der Waals surface area contributed by atoms with Crippen LogP contribution < -0.4 is 11.1 Å². The highest BCUT2D eigenvalue weighted by molar-refractivity contribution is 5.92. The number of hydrogen-bond acceptors (Lipinski definition) is 7. The van der Waals surface area contributed by atoms with Gasteiger partial charge in [-0.2, -0.15) is 9.97 Å². The van der Waals surface area contributed by atoms with Crippen LogP contribution in [-0.2, 0) is 7.05 Å². The third kappa shape index (κ3) is 3.20. The first-order chi connectivity index (χ1) is 13.4. The van der Waals surface area contributed by atoms with Crippen molar-refractivity contribution >= 4 is 28.6 Å². The van der Waals surface area contributed by atoms with Crippen molar-refractivity contribution < 1.29 is 8.78 Å². The molecule has 8 nitrogen and oxygen atoms in total. The van der Waals surface area contributed by atoms with Crippen LogP contribution in [0.3, 0.4) is 0 Å². The summed E-state index contributed by atoms with van der Waals surface area (Å²) in [6.45, 7) is 1.76. The number of halogens is 2. The van der Waals surface area contributed by atoms with Crippen LogP contribution in [0.15, 0.2) is 37.1 Å². The van der Waals surface area contributed by atoms with Crippen molar-refractivity contribution in [3.8, 4) is 0 Å². The molecule has 1 unspecified atom stereocenters. The predicted molar refractivity (Wildman–Crippen MR) is 99.9 cm³/mol. The number of hydrogen-bond donors (Lipinski definition) is 2. The average Bonchev–Trinajstić information content (AvgIpc) is 3.05. The van der Waals surface area contributed by atoms with Crippen LogP contribution in [0.4, 0.5) is 26.4 Å². The summed E-state index contributed by atoms with van der Waals surface area (Å²) in [6.07, 6.45) is 5.94. The lowest BCUT2D eigenvalue weighted by Gasteiger charge is -2.16. The van der Waals surface area contributed by atoms with E-state index in [1.54, 1.807) is 36.3 Å². The molecule has 0 saturated carbocycles. The topological polar surface area (TPSA) is 107 Å². The largest absolute Gasteiger partial charge is 0.368 e. The van der Waals surface area contributed by atoms with Gasteiger partial charge in [-0.1, -0.05) is 6.92 Å². The molecule has 4 aromatic rings. The van der Waals surface area contributed by atoms with Gasteiger partial charge in [0.05, 0.1) is 23.6 Å². The van der Waals surface area contributed by atoms with Gasteiger partial charge in [-0.05, 0) is 11.6 Å². The lowest BCUT2D eigenvalue weighted by atomic mass is 9.94. The highest BCUT2D eigenvalue weighted by Gasteiger charge is 2.21. The Balaban J connectivity index is 1.88. The van der Waals surface area contributed by atoms with E-state index in [4.69, 9.17) is 5.73 Å². The summed E-state index contributed by atoms with van der Waals surface area (Å²) in [4.78, 5) is 20.8. The molecule has 0 aliphatic carbocycles. The molecule has 0 saturated heterocycles. The molecular formula is C18H16F2N8. The standard InChI is InChI=1S/C18H16F2N8/c1-9(15-12(20)5-10(19)6-23-15)11-3-4-22-16-14(11)17(27-18(21)26-16)25-13-7-28(2)8-24-13/h3-9H,1-2H3,(H3,21,22,25,26,27). The summed E-state index contributed by atoms with van der Waals surface area (Å²) in [5, 5.41) is 3.66. The molecule has 0 fully saturated rings. The first-order valence-electron chi connectivity index (χ1n) is 8.40. The highest BCUT2D eigenvalue weighted by atomic mass is 19.1. The quantitative estimate of drug-likeness (QED) is 0.559. The minimum absolute atomic E-state index is 0.0364. The first-order valence-corrected chi connectivity index (χ1v) is 8.40. The number of anilines is 3. The number of nitrogens with zero attached hydrogens (tertiary/aromatic N) is 6. The third-order valence-corrected chi connectivity index (χ3v) is 4.31. The molecule has 0 aromatic carbocycles. The Morgan fingerprint density at radius 3 is 2.71 bits per heavy atom. The number of rotatable bonds is 4. The van der Waals surface area contributed by atoms with Crippen LogP contribution in [0.25, 0.3) is 11.0 Å². The van der Waals surface area contributed by atoms with E-state index in [0.29, 0.717) is 28.2 Å². The van der Waals surface area contributed by atoms with Crippen molar-refractivity contribution in [3.05, 3.63) is 59.9 Å². The molecule has 28 heavy (non-hydrogen) atoms. The third-order valence-electron chi connectivity index (χ3n) is 4.31. The van der Waals surface area contributed by atoms with E-state index < -0.39 is 17.6 Å². The van der Waals surface area contributed by atoms with Crippen molar-refractivity contribution in [2.24, 2.45) is 7.05 Å². The number of aromatic nitrogens is 6. The molecule has 0 bridgehead atoms. The van der Waals surface area contributed by atoms with Gasteiger partial charge in [0, 0.05) is 31.4 Å². The van der Waals surface area contributed by atoms with Gasteiger partial charge < -0.3 is 15.6 Å².